The molecule has 1 heterocycles. The number of rotatable bonds is 4. The number of ether oxygens (including phenoxy) is 1. The van der Waals surface area contributed by atoms with Crippen molar-refractivity contribution < 1.29 is 9.53 Å². The minimum absolute atomic E-state index is 0.247. The van der Waals surface area contributed by atoms with Gasteiger partial charge in [0.05, 0.1) is 12.2 Å². The molecule has 3 aromatic carbocycles. The number of benzene rings is 3. The van der Waals surface area contributed by atoms with Crippen molar-refractivity contribution in [1.82, 2.24) is 4.98 Å². The van der Waals surface area contributed by atoms with Gasteiger partial charge in [-0.2, -0.15) is 0 Å². The quantitative estimate of drug-likeness (QED) is 0.361. The summed E-state index contributed by atoms with van der Waals surface area (Å²) >= 11 is 0. The summed E-state index contributed by atoms with van der Waals surface area (Å²) in [4.78, 5) is 15.9. The number of hydrogen-bond donors (Lipinski definition) is 1. The molecule has 0 spiro atoms. The number of aromatic amines is 1. The van der Waals surface area contributed by atoms with Crippen LogP contribution in [-0.4, -0.2) is 17.6 Å². The second kappa shape index (κ2) is 6.49. The molecule has 0 fully saturated rings. The maximum absolute atomic E-state index is 12.4. The molecule has 0 saturated heterocycles. The fourth-order valence-corrected chi connectivity index (χ4v) is 3.61. The average molecular weight is 345 g/mol. The van der Waals surface area contributed by atoms with Crippen molar-refractivity contribution in [2.75, 3.05) is 6.61 Å². The second-order valence-corrected chi connectivity index (χ2v) is 6.97. The molecule has 1 N–H and O–H groups in total. The monoisotopic (exact) mass is 345 g/mol. The van der Waals surface area contributed by atoms with E-state index in [1.807, 2.05) is 18.2 Å². The van der Waals surface area contributed by atoms with Gasteiger partial charge in [0, 0.05) is 21.8 Å². The standard InChI is InChI=1S/C23H23NO2/c1-4-5-12-26-23(25)17-9-10-19-18(13-17)22-20(24-19)11-8-16-7-6-14(2)15(3)21(16)22/h6-11,13,24H,4-5,12H2,1-3H3. The minimum atomic E-state index is -0.247. The molecule has 3 heteroatoms. The van der Waals surface area contributed by atoms with Crippen LogP contribution in [0.3, 0.4) is 0 Å². The van der Waals surface area contributed by atoms with E-state index in [0.717, 1.165) is 29.3 Å². The lowest BCUT2D eigenvalue weighted by atomic mass is 9.96. The number of carbonyl (C=O) groups excluding carboxylic acids is 1. The van der Waals surface area contributed by atoms with Gasteiger partial charge in [-0.25, -0.2) is 4.79 Å². The third kappa shape index (κ3) is 2.64. The van der Waals surface area contributed by atoms with E-state index in [2.05, 4.69) is 50.0 Å². The Morgan fingerprint density at radius 2 is 1.77 bits per heavy atom. The smallest absolute Gasteiger partial charge is 0.338 e. The third-order valence-corrected chi connectivity index (χ3v) is 5.24. The summed E-state index contributed by atoms with van der Waals surface area (Å²) < 4.78 is 5.39. The summed E-state index contributed by atoms with van der Waals surface area (Å²) in [6.07, 6.45) is 1.91. The Bertz CT molecular complexity index is 1140. The molecule has 0 radical (unpaired) electrons. The van der Waals surface area contributed by atoms with E-state index in [1.54, 1.807) is 0 Å². The zero-order valence-corrected chi connectivity index (χ0v) is 15.5. The summed E-state index contributed by atoms with van der Waals surface area (Å²) in [6, 6.07) is 14.4. The topological polar surface area (TPSA) is 42.1 Å². The molecule has 0 atom stereocenters. The fraction of sp³-hybridized carbons (Fsp3) is 0.261. The van der Waals surface area contributed by atoms with Crippen LogP contribution in [0.2, 0.25) is 0 Å². The predicted octanol–water partition coefficient (Wildman–Crippen LogP) is 6.05. The molecule has 0 amide bonds. The Morgan fingerprint density at radius 3 is 2.58 bits per heavy atom. The Morgan fingerprint density at radius 1 is 1.00 bits per heavy atom. The molecule has 3 nitrogen and oxygen atoms in total. The summed E-state index contributed by atoms with van der Waals surface area (Å²) in [5.74, 6) is -0.247. The number of esters is 1. The highest BCUT2D eigenvalue weighted by molar-refractivity contribution is 6.21. The van der Waals surface area contributed by atoms with Crippen LogP contribution in [0.5, 0.6) is 0 Å². The van der Waals surface area contributed by atoms with Crippen LogP contribution in [-0.2, 0) is 4.74 Å². The number of aromatic nitrogens is 1. The Hall–Kier alpha value is -2.81. The maximum atomic E-state index is 12.4. The number of fused-ring (bicyclic) bond motifs is 5. The van der Waals surface area contributed by atoms with Crippen molar-refractivity contribution in [3.05, 3.63) is 59.2 Å². The van der Waals surface area contributed by atoms with Gasteiger partial charge in [-0.05, 0) is 66.4 Å². The lowest BCUT2D eigenvalue weighted by Gasteiger charge is -2.08. The average Bonchev–Trinajstić information content (AvgIpc) is 3.02. The van der Waals surface area contributed by atoms with Gasteiger partial charge < -0.3 is 9.72 Å². The highest BCUT2D eigenvalue weighted by Gasteiger charge is 2.14. The van der Waals surface area contributed by atoms with E-state index in [1.165, 1.54) is 27.3 Å². The van der Waals surface area contributed by atoms with Crippen LogP contribution in [0.15, 0.2) is 42.5 Å². The van der Waals surface area contributed by atoms with Gasteiger partial charge in [0.15, 0.2) is 0 Å². The van der Waals surface area contributed by atoms with Crippen LogP contribution in [0, 0.1) is 13.8 Å². The van der Waals surface area contributed by atoms with Crippen molar-refractivity contribution in [2.24, 2.45) is 0 Å². The van der Waals surface area contributed by atoms with Crippen molar-refractivity contribution in [1.29, 1.82) is 0 Å². The van der Waals surface area contributed by atoms with E-state index in [9.17, 15) is 4.79 Å². The van der Waals surface area contributed by atoms with Gasteiger partial charge in [-0.1, -0.05) is 31.5 Å². The first-order chi connectivity index (χ1) is 12.6. The van der Waals surface area contributed by atoms with Gasteiger partial charge in [0.1, 0.15) is 0 Å². The van der Waals surface area contributed by atoms with Crippen molar-refractivity contribution in [2.45, 2.75) is 33.6 Å². The van der Waals surface area contributed by atoms with E-state index in [4.69, 9.17) is 4.74 Å². The molecule has 26 heavy (non-hydrogen) atoms. The fourth-order valence-electron chi connectivity index (χ4n) is 3.61. The highest BCUT2D eigenvalue weighted by Crippen LogP contribution is 2.35. The van der Waals surface area contributed by atoms with Gasteiger partial charge in [-0.3, -0.25) is 0 Å². The molecule has 0 aliphatic heterocycles. The number of hydrogen-bond acceptors (Lipinski definition) is 2. The molecule has 1 aromatic heterocycles. The number of carbonyl (C=O) groups is 1. The molecule has 0 unspecified atom stereocenters. The number of H-pyrrole nitrogens is 1. The van der Waals surface area contributed by atoms with Crippen LogP contribution < -0.4 is 0 Å². The molecule has 0 aliphatic rings. The summed E-state index contributed by atoms with van der Waals surface area (Å²) in [5, 5.41) is 4.73. The van der Waals surface area contributed by atoms with Crippen molar-refractivity contribution >= 4 is 38.5 Å². The summed E-state index contributed by atoms with van der Waals surface area (Å²) in [5.41, 5.74) is 5.30. The number of aryl methyl sites for hydroxylation is 2. The van der Waals surface area contributed by atoms with Gasteiger partial charge in [0.2, 0.25) is 0 Å². The first-order valence-electron chi connectivity index (χ1n) is 9.21. The number of nitrogens with one attached hydrogen (secondary N) is 1. The van der Waals surface area contributed by atoms with E-state index >= 15 is 0 Å². The zero-order valence-electron chi connectivity index (χ0n) is 15.5. The zero-order chi connectivity index (χ0) is 18.3. The molecular formula is C23H23NO2. The van der Waals surface area contributed by atoms with Crippen LogP contribution in [0.4, 0.5) is 0 Å². The first kappa shape index (κ1) is 16.6. The van der Waals surface area contributed by atoms with E-state index in [-0.39, 0.29) is 5.97 Å². The third-order valence-electron chi connectivity index (χ3n) is 5.24. The van der Waals surface area contributed by atoms with E-state index in [0.29, 0.717) is 12.2 Å². The van der Waals surface area contributed by atoms with Gasteiger partial charge in [0.25, 0.3) is 0 Å². The Labute approximate surface area is 153 Å². The molecule has 0 saturated carbocycles. The van der Waals surface area contributed by atoms with Crippen LogP contribution in [0.25, 0.3) is 32.6 Å². The highest BCUT2D eigenvalue weighted by atomic mass is 16.5. The number of unbranched alkanes of at least 4 members (excludes halogenated alkanes) is 1. The summed E-state index contributed by atoms with van der Waals surface area (Å²) in [7, 11) is 0. The summed E-state index contributed by atoms with van der Waals surface area (Å²) in [6.45, 7) is 6.86. The lowest BCUT2D eigenvalue weighted by molar-refractivity contribution is 0.0500. The van der Waals surface area contributed by atoms with Crippen LogP contribution >= 0.6 is 0 Å². The van der Waals surface area contributed by atoms with Gasteiger partial charge in [-0.15, -0.1) is 0 Å². The SMILES string of the molecule is CCCCOC(=O)c1ccc2[nH]c3ccc4ccc(C)c(C)c4c3c2c1. The van der Waals surface area contributed by atoms with Gasteiger partial charge >= 0.3 is 5.97 Å². The minimum Gasteiger partial charge on any atom is -0.462 e. The van der Waals surface area contributed by atoms with E-state index < -0.39 is 0 Å². The maximum Gasteiger partial charge on any atom is 0.338 e. The largest absolute Gasteiger partial charge is 0.462 e. The molecule has 132 valence electrons. The first-order valence-corrected chi connectivity index (χ1v) is 9.21. The molecule has 4 aromatic rings. The molecule has 0 aliphatic carbocycles. The van der Waals surface area contributed by atoms with Crippen molar-refractivity contribution in [3.8, 4) is 0 Å². The Balaban J connectivity index is 1.94. The molecule has 0 bridgehead atoms. The normalized spacial score (nSPS) is 11.5. The van der Waals surface area contributed by atoms with Crippen LogP contribution in [0.1, 0.15) is 41.3 Å². The molecular weight excluding hydrogens is 322 g/mol. The predicted molar refractivity (Wildman–Crippen MR) is 108 cm³/mol. The van der Waals surface area contributed by atoms with Crippen molar-refractivity contribution in [3.63, 3.8) is 0 Å². The lowest BCUT2D eigenvalue weighted by Crippen LogP contribution is -2.06. The molecule has 4 rings (SSSR count). The Kier molecular flexibility index (Phi) is 4.15. The second-order valence-electron chi connectivity index (χ2n) is 6.97.